The van der Waals surface area contributed by atoms with E-state index in [9.17, 15) is 4.79 Å². The molecule has 2 rings (SSSR count). The molecule has 1 aliphatic rings. The van der Waals surface area contributed by atoms with E-state index < -0.39 is 0 Å². The van der Waals surface area contributed by atoms with Gasteiger partial charge in [-0.05, 0) is 24.0 Å². The maximum Gasteiger partial charge on any atom is 0.311 e. The minimum absolute atomic E-state index is 0.106. The average Bonchev–Trinajstić information content (AvgIpc) is 2.16. The standard InChI is InChI=1S/C11H12O2/c1-2-8-7-11(12)13-10-6-4-3-5-9(8)10/h3-6,8H,2,7H2,1H3/t8-/m1/s1. The number of carbonyl (C=O) groups is 1. The number of hydrogen-bond acceptors (Lipinski definition) is 2. The van der Waals surface area contributed by atoms with Gasteiger partial charge in [0.1, 0.15) is 5.75 Å². The summed E-state index contributed by atoms with van der Waals surface area (Å²) in [6.07, 6.45) is 1.51. The summed E-state index contributed by atoms with van der Waals surface area (Å²) < 4.78 is 5.12. The Hall–Kier alpha value is -1.31. The molecule has 13 heavy (non-hydrogen) atoms. The first-order valence-electron chi connectivity index (χ1n) is 4.61. The van der Waals surface area contributed by atoms with Crippen LogP contribution in [-0.4, -0.2) is 5.97 Å². The van der Waals surface area contributed by atoms with Crippen molar-refractivity contribution < 1.29 is 9.53 Å². The zero-order chi connectivity index (χ0) is 9.26. The van der Waals surface area contributed by atoms with Crippen LogP contribution in [0.15, 0.2) is 24.3 Å². The maximum absolute atomic E-state index is 11.2. The van der Waals surface area contributed by atoms with E-state index in [0.717, 1.165) is 12.2 Å². The van der Waals surface area contributed by atoms with E-state index in [1.165, 1.54) is 5.56 Å². The molecule has 1 aliphatic heterocycles. The quantitative estimate of drug-likeness (QED) is 0.485. The Balaban J connectivity index is 2.42. The van der Waals surface area contributed by atoms with Gasteiger partial charge in [-0.1, -0.05) is 25.1 Å². The van der Waals surface area contributed by atoms with Crippen LogP contribution in [0.4, 0.5) is 0 Å². The fourth-order valence-corrected chi connectivity index (χ4v) is 1.75. The van der Waals surface area contributed by atoms with E-state index >= 15 is 0 Å². The Bertz CT molecular complexity index is 331. The van der Waals surface area contributed by atoms with Gasteiger partial charge in [-0.3, -0.25) is 4.79 Å². The SMILES string of the molecule is CC[C@@H]1CC(=O)Oc2ccccc21. The van der Waals surface area contributed by atoms with E-state index in [1.807, 2.05) is 24.3 Å². The van der Waals surface area contributed by atoms with Crippen LogP contribution in [0.25, 0.3) is 0 Å². The molecule has 1 aromatic rings. The Morgan fingerprint density at radius 2 is 2.23 bits per heavy atom. The monoisotopic (exact) mass is 176 g/mol. The van der Waals surface area contributed by atoms with Crippen LogP contribution in [-0.2, 0) is 4.79 Å². The van der Waals surface area contributed by atoms with Gasteiger partial charge >= 0.3 is 5.97 Å². The van der Waals surface area contributed by atoms with E-state index in [4.69, 9.17) is 4.74 Å². The van der Waals surface area contributed by atoms with Crippen LogP contribution < -0.4 is 4.74 Å². The number of benzene rings is 1. The molecule has 0 spiro atoms. The first kappa shape index (κ1) is 8.30. The largest absolute Gasteiger partial charge is 0.426 e. The summed E-state index contributed by atoms with van der Waals surface area (Å²) in [5.74, 6) is 0.980. The normalized spacial score (nSPS) is 20.7. The minimum atomic E-state index is -0.106. The molecular formula is C11H12O2. The average molecular weight is 176 g/mol. The van der Waals surface area contributed by atoms with Crippen molar-refractivity contribution in [2.24, 2.45) is 0 Å². The van der Waals surface area contributed by atoms with Crippen LogP contribution in [0.5, 0.6) is 5.75 Å². The number of para-hydroxylation sites is 1. The smallest absolute Gasteiger partial charge is 0.311 e. The molecule has 0 aliphatic carbocycles. The van der Waals surface area contributed by atoms with Crippen LogP contribution >= 0.6 is 0 Å². The van der Waals surface area contributed by atoms with Gasteiger partial charge in [0, 0.05) is 0 Å². The minimum Gasteiger partial charge on any atom is -0.426 e. The third-order valence-corrected chi connectivity index (χ3v) is 2.49. The Kier molecular flexibility index (Phi) is 2.05. The van der Waals surface area contributed by atoms with Gasteiger partial charge in [0.05, 0.1) is 6.42 Å². The maximum atomic E-state index is 11.2. The third kappa shape index (κ3) is 1.44. The summed E-state index contributed by atoms with van der Waals surface area (Å²) in [6, 6.07) is 7.77. The first-order chi connectivity index (χ1) is 6.31. The molecule has 1 atom stereocenters. The van der Waals surface area contributed by atoms with Crippen LogP contribution in [0.3, 0.4) is 0 Å². The number of ether oxygens (including phenoxy) is 1. The predicted octanol–water partition coefficient (Wildman–Crippen LogP) is 2.49. The fraction of sp³-hybridized carbons (Fsp3) is 0.364. The second-order valence-corrected chi connectivity index (χ2v) is 3.32. The van der Waals surface area contributed by atoms with E-state index in [0.29, 0.717) is 12.3 Å². The molecule has 2 heteroatoms. The van der Waals surface area contributed by atoms with Crippen LogP contribution in [0.2, 0.25) is 0 Å². The summed E-state index contributed by atoms with van der Waals surface area (Å²) >= 11 is 0. The lowest BCUT2D eigenvalue weighted by atomic mass is 9.91. The predicted molar refractivity (Wildman–Crippen MR) is 49.7 cm³/mol. The number of carbonyl (C=O) groups excluding carboxylic acids is 1. The topological polar surface area (TPSA) is 26.3 Å². The van der Waals surface area contributed by atoms with E-state index in [1.54, 1.807) is 0 Å². The summed E-state index contributed by atoms with van der Waals surface area (Å²) in [4.78, 5) is 11.2. The van der Waals surface area contributed by atoms with Crippen molar-refractivity contribution in [3.63, 3.8) is 0 Å². The van der Waals surface area contributed by atoms with Gasteiger partial charge in [-0.15, -0.1) is 0 Å². The summed E-state index contributed by atoms with van der Waals surface area (Å²) in [5.41, 5.74) is 1.17. The van der Waals surface area contributed by atoms with Crippen molar-refractivity contribution in [2.45, 2.75) is 25.7 Å². The summed E-state index contributed by atoms with van der Waals surface area (Å²) in [5, 5.41) is 0. The highest BCUT2D eigenvalue weighted by atomic mass is 16.5. The molecule has 0 amide bonds. The molecule has 0 unspecified atom stereocenters. The Morgan fingerprint density at radius 1 is 1.46 bits per heavy atom. The molecule has 0 radical (unpaired) electrons. The van der Waals surface area contributed by atoms with Crippen LogP contribution in [0, 0.1) is 0 Å². The molecule has 2 nitrogen and oxygen atoms in total. The number of esters is 1. The molecule has 0 saturated carbocycles. The lowest BCUT2D eigenvalue weighted by Crippen LogP contribution is -2.19. The van der Waals surface area contributed by atoms with Crippen molar-refractivity contribution in [3.05, 3.63) is 29.8 Å². The van der Waals surface area contributed by atoms with Crippen molar-refractivity contribution in [1.29, 1.82) is 0 Å². The van der Waals surface area contributed by atoms with Gasteiger partial charge in [0.25, 0.3) is 0 Å². The van der Waals surface area contributed by atoms with E-state index in [-0.39, 0.29) is 5.97 Å². The molecule has 1 aromatic carbocycles. The molecule has 68 valence electrons. The highest BCUT2D eigenvalue weighted by Gasteiger charge is 2.24. The molecular weight excluding hydrogens is 164 g/mol. The van der Waals surface area contributed by atoms with Crippen molar-refractivity contribution >= 4 is 5.97 Å². The highest BCUT2D eigenvalue weighted by Crippen LogP contribution is 2.35. The first-order valence-corrected chi connectivity index (χ1v) is 4.61. The van der Waals surface area contributed by atoms with E-state index in [2.05, 4.69) is 6.92 Å². The number of fused-ring (bicyclic) bond motifs is 1. The van der Waals surface area contributed by atoms with Gasteiger partial charge < -0.3 is 4.74 Å². The molecule has 0 saturated heterocycles. The second-order valence-electron chi connectivity index (χ2n) is 3.32. The van der Waals surface area contributed by atoms with Crippen molar-refractivity contribution in [1.82, 2.24) is 0 Å². The third-order valence-electron chi connectivity index (χ3n) is 2.49. The molecule has 0 N–H and O–H groups in total. The Labute approximate surface area is 77.5 Å². The van der Waals surface area contributed by atoms with Gasteiger partial charge in [-0.25, -0.2) is 0 Å². The second kappa shape index (κ2) is 3.21. The van der Waals surface area contributed by atoms with Gasteiger partial charge in [-0.2, -0.15) is 0 Å². The molecule has 0 bridgehead atoms. The van der Waals surface area contributed by atoms with Gasteiger partial charge in [0.2, 0.25) is 0 Å². The lowest BCUT2D eigenvalue weighted by Gasteiger charge is -2.22. The lowest BCUT2D eigenvalue weighted by molar-refractivity contribution is -0.135. The number of hydrogen-bond donors (Lipinski definition) is 0. The molecule has 0 fully saturated rings. The highest BCUT2D eigenvalue weighted by molar-refractivity contribution is 5.76. The molecule has 0 aromatic heterocycles. The van der Waals surface area contributed by atoms with Crippen molar-refractivity contribution in [3.8, 4) is 5.75 Å². The number of rotatable bonds is 1. The van der Waals surface area contributed by atoms with Gasteiger partial charge in [0.15, 0.2) is 0 Å². The zero-order valence-corrected chi connectivity index (χ0v) is 7.62. The Morgan fingerprint density at radius 3 is 3.00 bits per heavy atom. The summed E-state index contributed by atoms with van der Waals surface area (Å²) in [6.45, 7) is 2.10. The van der Waals surface area contributed by atoms with Crippen molar-refractivity contribution in [2.75, 3.05) is 0 Å². The van der Waals surface area contributed by atoms with Crippen LogP contribution in [0.1, 0.15) is 31.2 Å². The zero-order valence-electron chi connectivity index (χ0n) is 7.62. The summed E-state index contributed by atoms with van der Waals surface area (Å²) in [7, 11) is 0. The fourth-order valence-electron chi connectivity index (χ4n) is 1.75. The molecule has 1 heterocycles.